The van der Waals surface area contributed by atoms with Crippen molar-refractivity contribution in [1.82, 2.24) is 0 Å². The quantitative estimate of drug-likeness (QED) is 0.853. The van der Waals surface area contributed by atoms with Crippen LogP contribution in [-0.2, 0) is 17.6 Å². The number of carbonyl (C=O) groups is 1. The van der Waals surface area contributed by atoms with Crippen LogP contribution in [0.1, 0.15) is 25.0 Å². The van der Waals surface area contributed by atoms with E-state index < -0.39 is 0 Å². The maximum absolute atomic E-state index is 12.4. The summed E-state index contributed by atoms with van der Waals surface area (Å²) in [6.07, 6.45) is 1.88. The fourth-order valence-electron chi connectivity index (χ4n) is 3.22. The van der Waals surface area contributed by atoms with E-state index in [0.717, 1.165) is 35.5 Å². The van der Waals surface area contributed by atoms with Crippen LogP contribution >= 0.6 is 0 Å². The lowest BCUT2D eigenvalue weighted by Crippen LogP contribution is -2.37. The molecule has 0 bridgehead atoms. The molecular formula is C19H23N3O. The van der Waals surface area contributed by atoms with Gasteiger partial charge in [-0.05, 0) is 49.1 Å². The molecule has 3 N–H and O–H groups in total. The van der Waals surface area contributed by atoms with Gasteiger partial charge in [-0.25, -0.2) is 0 Å². The molecular weight excluding hydrogens is 286 g/mol. The second-order valence-corrected chi connectivity index (χ2v) is 6.13. The van der Waals surface area contributed by atoms with Gasteiger partial charge in [0, 0.05) is 23.1 Å². The fraction of sp³-hybridized carbons (Fsp3) is 0.316. The molecule has 4 heteroatoms. The van der Waals surface area contributed by atoms with Crippen LogP contribution in [0.5, 0.6) is 0 Å². The summed E-state index contributed by atoms with van der Waals surface area (Å²) in [7, 11) is 0. The SMILES string of the molecule is CCc1ccc(NC(=O)CN2c3ccccc3CC2C)cc1N. The molecule has 4 nitrogen and oxygen atoms in total. The van der Waals surface area contributed by atoms with E-state index in [9.17, 15) is 4.79 Å². The first-order chi connectivity index (χ1) is 11.1. The van der Waals surface area contributed by atoms with E-state index in [-0.39, 0.29) is 5.91 Å². The molecule has 1 aliphatic rings. The molecule has 2 aromatic rings. The van der Waals surface area contributed by atoms with Crippen LogP contribution in [0.25, 0.3) is 0 Å². The first-order valence-corrected chi connectivity index (χ1v) is 8.11. The van der Waals surface area contributed by atoms with Gasteiger partial charge in [-0.3, -0.25) is 4.79 Å². The number of hydrogen-bond acceptors (Lipinski definition) is 3. The van der Waals surface area contributed by atoms with Crippen molar-refractivity contribution in [3.05, 3.63) is 53.6 Å². The van der Waals surface area contributed by atoms with Crippen LogP contribution in [0.2, 0.25) is 0 Å². The van der Waals surface area contributed by atoms with Crippen molar-refractivity contribution in [1.29, 1.82) is 0 Å². The highest BCUT2D eigenvalue weighted by molar-refractivity contribution is 5.95. The number of anilines is 3. The van der Waals surface area contributed by atoms with Gasteiger partial charge in [0.25, 0.3) is 0 Å². The summed E-state index contributed by atoms with van der Waals surface area (Å²) >= 11 is 0. The molecule has 0 saturated carbocycles. The van der Waals surface area contributed by atoms with Crippen molar-refractivity contribution < 1.29 is 4.79 Å². The normalized spacial score (nSPS) is 16.3. The summed E-state index contributed by atoms with van der Waals surface area (Å²) in [4.78, 5) is 14.6. The summed E-state index contributed by atoms with van der Waals surface area (Å²) in [5.74, 6) is -0.0165. The summed E-state index contributed by atoms with van der Waals surface area (Å²) in [5.41, 5.74) is 11.1. The monoisotopic (exact) mass is 309 g/mol. The molecule has 0 aromatic heterocycles. The van der Waals surface area contributed by atoms with Gasteiger partial charge in [0.05, 0.1) is 6.54 Å². The Hall–Kier alpha value is -2.49. The lowest BCUT2D eigenvalue weighted by Gasteiger charge is -2.24. The van der Waals surface area contributed by atoms with Crippen molar-refractivity contribution in [2.75, 3.05) is 22.5 Å². The van der Waals surface area contributed by atoms with Gasteiger partial charge < -0.3 is 16.0 Å². The number of nitrogen functional groups attached to an aromatic ring is 1. The number of benzene rings is 2. The van der Waals surface area contributed by atoms with Crippen LogP contribution in [0.15, 0.2) is 42.5 Å². The minimum absolute atomic E-state index is 0.0165. The van der Waals surface area contributed by atoms with Gasteiger partial charge in [0.2, 0.25) is 5.91 Å². The second kappa shape index (κ2) is 6.32. The Morgan fingerprint density at radius 2 is 2.09 bits per heavy atom. The third-order valence-electron chi connectivity index (χ3n) is 4.47. The van der Waals surface area contributed by atoms with Crippen LogP contribution in [0.3, 0.4) is 0 Å². The number of rotatable bonds is 4. The van der Waals surface area contributed by atoms with Gasteiger partial charge in [-0.15, -0.1) is 0 Å². The largest absolute Gasteiger partial charge is 0.398 e. The standard InChI is InChI=1S/C19H23N3O/c1-3-14-8-9-16(11-17(14)20)21-19(23)12-22-13(2)10-15-6-4-5-7-18(15)22/h4-9,11,13H,3,10,12,20H2,1-2H3,(H,21,23). The Labute approximate surface area is 137 Å². The van der Waals surface area contributed by atoms with Crippen molar-refractivity contribution in [3.8, 4) is 0 Å². The lowest BCUT2D eigenvalue weighted by atomic mass is 10.1. The zero-order valence-corrected chi connectivity index (χ0v) is 13.7. The van der Waals surface area contributed by atoms with E-state index in [1.165, 1.54) is 5.56 Å². The van der Waals surface area contributed by atoms with E-state index >= 15 is 0 Å². The van der Waals surface area contributed by atoms with E-state index in [0.29, 0.717) is 12.6 Å². The first kappa shape index (κ1) is 15.4. The molecule has 1 aliphatic heterocycles. The molecule has 0 fully saturated rings. The molecule has 1 unspecified atom stereocenters. The molecule has 0 spiro atoms. The maximum Gasteiger partial charge on any atom is 0.243 e. The van der Waals surface area contributed by atoms with E-state index in [4.69, 9.17) is 5.73 Å². The third kappa shape index (κ3) is 3.16. The van der Waals surface area contributed by atoms with Crippen LogP contribution in [0, 0.1) is 0 Å². The van der Waals surface area contributed by atoms with Crippen LogP contribution < -0.4 is 16.0 Å². The molecule has 3 rings (SSSR count). The molecule has 1 heterocycles. The van der Waals surface area contributed by atoms with Gasteiger partial charge in [-0.2, -0.15) is 0 Å². The number of hydrogen-bond donors (Lipinski definition) is 2. The highest BCUT2D eigenvalue weighted by atomic mass is 16.2. The lowest BCUT2D eigenvalue weighted by molar-refractivity contribution is -0.115. The average molecular weight is 309 g/mol. The Morgan fingerprint density at radius 3 is 2.83 bits per heavy atom. The molecule has 0 radical (unpaired) electrons. The molecule has 120 valence electrons. The average Bonchev–Trinajstić information content (AvgIpc) is 2.83. The number of amides is 1. The maximum atomic E-state index is 12.4. The number of nitrogens with one attached hydrogen (secondary N) is 1. The number of carbonyl (C=O) groups excluding carboxylic acids is 1. The van der Waals surface area contributed by atoms with Crippen molar-refractivity contribution >= 4 is 23.0 Å². The second-order valence-electron chi connectivity index (χ2n) is 6.13. The van der Waals surface area contributed by atoms with Crippen molar-refractivity contribution in [3.63, 3.8) is 0 Å². The molecule has 23 heavy (non-hydrogen) atoms. The highest BCUT2D eigenvalue weighted by Gasteiger charge is 2.26. The zero-order valence-electron chi connectivity index (χ0n) is 13.7. The Balaban J connectivity index is 1.69. The number of fused-ring (bicyclic) bond motifs is 1. The summed E-state index contributed by atoms with van der Waals surface area (Å²) in [6, 6.07) is 14.3. The summed E-state index contributed by atoms with van der Waals surface area (Å²) in [5, 5.41) is 2.95. The van der Waals surface area contributed by atoms with Crippen LogP contribution in [-0.4, -0.2) is 18.5 Å². The van der Waals surface area contributed by atoms with E-state index in [1.807, 2.05) is 30.3 Å². The Morgan fingerprint density at radius 1 is 1.30 bits per heavy atom. The number of aryl methyl sites for hydroxylation is 1. The molecule has 1 atom stereocenters. The highest BCUT2D eigenvalue weighted by Crippen LogP contribution is 2.31. The van der Waals surface area contributed by atoms with Gasteiger partial charge in [0.1, 0.15) is 0 Å². The van der Waals surface area contributed by atoms with Crippen molar-refractivity contribution in [2.24, 2.45) is 0 Å². The predicted molar refractivity (Wildman–Crippen MR) is 95.8 cm³/mol. The summed E-state index contributed by atoms with van der Waals surface area (Å²) in [6.45, 7) is 4.57. The summed E-state index contributed by atoms with van der Waals surface area (Å²) < 4.78 is 0. The fourth-order valence-corrected chi connectivity index (χ4v) is 3.22. The van der Waals surface area contributed by atoms with E-state index in [2.05, 4.69) is 36.2 Å². The number of nitrogens with zero attached hydrogens (tertiary/aromatic N) is 1. The predicted octanol–water partition coefficient (Wildman–Crippen LogP) is 3.22. The molecule has 1 amide bonds. The third-order valence-corrected chi connectivity index (χ3v) is 4.47. The minimum Gasteiger partial charge on any atom is -0.398 e. The van der Waals surface area contributed by atoms with Gasteiger partial charge in [0.15, 0.2) is 0 Å². The van der Waals surface area contributed by atoms with Gasteiger partial charge >= 0.3 is 0 Å². The minimum atomic E-state index is -0.0165. The van der Waals surface area contributed by atoms with Crippen LogP contribution in [0.4, 0.5) is 17.1 Å². The van der Waals surface area contributed by atoms with E-state index in [1.54, 1.807) is 0 Å². The molecule has 2 aromatic carbocycles. The zero-order chi connectivity index (χ0) is 16.4. The molecule has 0 aliphatic carbocycles. The number of para-hydroxylation sites is 1. The smallest absolute Gasteiger partial charge is 0.243 e. The van der Waals surface area contributed by atoms with Gasteiger partial charge in [-0.1, -0.05) is 31.2 Å². The van der Waals surface area contributed by atoms with Crippen molar-refractivity contribution in [2.45, 2.75) is 32.7 Å². The molecule has 0 saturated heterocycles. The Kier molecular flexibility index (Phi) is 4.24. The topological polar surface area (TPSA) is 58.4 Å². The Bertz CT molecular complexity index is 726. The number of nitrogens with two attached hydrogens (primary N) is 1. The first-order valence-electron chi connectivity index (χ1n) is 8.11.